The summed E-state index contributed by atoms with van der Waals surface area (Å²) >= 11 is 0. The van der Waals surface area contributed by atoms with Gasteiger partial charge in [-0.15, -0.1) is 0 Å². The molecule has 5 nitrogen and oxygen atoms in total. The van der Waals surface area contributed by atoms with Crippen LogP contribution in [0.3, 0.4) is 0 Å². The van der Waals surface area contributed by atoms with E-state index >= 15 is 0 Å². The lowest BCUT2D eigenvalue weighted by Gasteiger charge is -2.29. The number of hydrazine groups is 1. The Bertz CT molecular complexity index is 1200. The first kappa shape index (κ1) is 17.5. The van der Waals surface area contributed by atoms with E-state index in [1.165, 1.54) is 5.56 Å². The van der Waals surface area contributed by atoms with E-state index in [0.29, 0.717) is 19.0 Å². The summed E-state index contributed by atoms with van der Waals surface area (Å²) in [6.07, 6.45) is 0. The largest absolute Gasteiger partial charge is 0.476 e. The van der Waals surface area contributed by atoms with Crippen molar-refractivity contribution in [3.63, 3.8) is 0 Å². The van der Waals surface area contributed by atoms with Crippen LogP contribution in [0.2, 0.25) is 0 Å². The number of hydrogen-bond acceptors (Lipinski definition) is 3. The highest BCUT2D eigenvalue weighted by Crippen LogP contribution is 2.32. The molecule has 1 amide bonds. The number of aromatic amines is 1. The lowest BCUT2D eigenvalue weighted by Crippen LogP contribution is -2.46. The van der Waals surface area contributed by atoms with Gasteiger partial charge >= 0.3 is 0 Å². The van der Waals surface area contributed by atoms with Crippen molar-refractivity contribution in [2.75, 3.05) is 6.73 Å². The topological polar surface area (TPSA) is 57.4 Å². The van der Waals surface area contributed by atoms with E-state index in [9.17, 15) is 4.79 Å². The van der Waals surface area contributed by atoms with Crippen molar-refractivity contribution in [1.82, 2.24) is 15.4 Å². The zero-order valence-electron chi connectivity index (χ0n) is 16.1. The highest BCUT2D eigenvalue weighted by Gasteiger charge is 2.23. The summed E-state index contributed by atoms with van der Waals surface area (Å²) in [6, 6.07) is 24.1. The van der Waals surface area contributed by atoms with Gasteiger partial charge in [-0.2, -0.15) is 5.01 Å². The van der Waals surface area contributed by atoms with Crippen LogP contribution >= 0.6 is 0 Å². The Balaban J connectivity index is 1.48. The summed E-state index contributed by atoms with van der Waals surface area (Å²) in [6.45, 7) is 2.96. The number of carbonyl (C=O) groups excluding carboxylic acids is 1. The van der Waals surface area contributed by atoms with Crippen LogP contribution in [0.1, 0.15) is 21.6 Å². The average molecular weight is 383 g/mol. The van der Waals surface area contributed by atoms with Crippen LogP contribution in [0, 0.1) is 6.92 Å². The molecule has 0 aliphatic carbocycles. The molecule has 0 unspecified atom stereocenters. The van der Waals surface area contributed by atoms with Gasteiger partial charge in [-0.25, -0.2) is 0 Å². The molecule has 0 saturated carbocycles. The Hall–Kier alpha value is -3.57. The highest BCUT2D eigenvalue weighted by atomic mass is 16.5. The highest BCUT2D eigenvalue weighted by molar-refractivity contribution is 6.09. The fraction of sp³-hybridized carbons (Fsp3) is 0.125. The minimum atomic E-state index is -0.181. The molecule has 0 spiro atoms. The van der Waals surface area contributed by atoms with Gasteiger partial charge in [-0.1, -0.05) is 66.2 Å². The molecule has 0 saturated heterocycles. The summed E-state index contributed by atoms with van der Waals surface area (Å²) in [4.78, 5) is 16.5. The molecule has 4 aromatic rings. The number of aryl methyl sites for hydroxylation is 1. The maximum absolute atomic E-state index is 13.2. The van der Waals surface area contributed by atoms with Crippen molar-refractivity contribution >= 4 is 16.8 Å². The predicted octanol–water partition coefficient (Wildman–Crippen LogP) is 4.64. The van der Waals surface area contributed by atoms with Gasteiger partial charge in [0.15, 0.2) is 6.73 Å². The molecule has 0 fully saturated rings. The molecule has 2 heterocycles. The molecule has 5 rings (SSSR count). The molecule has 0 atom stereocenters. The molecule has 3 aromatic carbocycles. The standard InChI is InChI=1S/C24H21N3O2/c1-16-11-12-21-18(13-16)14-27(15-29-21)26-24(28)23-22(17-7-3-2-4-8-17)19-9-5-6-10-20(19)25-23/h2-13,25H,14-15H2,1H3,(H,26,28). The second-order valence-corrected chi connectivity index (χ2v) is 7.31. The van der Waals surface area contributed by atoms with E-state index in [1.54, 1.807) is 5.01 Å². The molecule has 1 aliphatic heterocycles. The number of carbonyl (C=O) groups is 1. The van der Waals surface area contributed by atoms with Crippen molar-refractivity contribution in [1.29, 1.82) is 0 Å². The Morgan fingerprint density at radius 1 is 1.03 bits per heavy atom. The fourth-order valence-electron chi connectivity index (χ4n) is 3.86. The number of H-pyrrole nitrogens is 1. The van der Waals surface area contributed by atoms with Crippen molar-refractivity contribution < 1.29 is 9.53 Å². The third-order valence-corrected chi connectivity index (χ3v) is 5.21. The van der Waals surface area contributed by atoms with Gasteiger partial charge in [0.05, 0.1) is 6.54 Å². The smallest absolute Gasteiger partial charge is 0.282 e. The minimum absolute atomic E-state index is 0.181. The summed E-state index contributed by atoms with van der Waals surface area (Å²) < 4.78 is 5.80. The van der Waals surface area contributed by atoms with E-state index in [-0.39, 0.29) is 5.91 Å². The Labute approximate surface area is 168 Å². The summed E-state index contributed by atoms with van der Waals surface area (Å²) in [5.74, 6) is 0.691. The number of nitrogens with zero attached hydrogens (tertiary/aromatic N) is 1. The first-order valence-electron chi connectivity index (χ1n) is 9.63. The molecule has 0 radical (unpaired) electrons. The number of nitrogens with one attached hydrogen (secondary N) is 2. The van der Waals surface area contributed by atoms with E-state index in [0.717, 1.165) is 33.3 Å². The van der Waals surface area contributed by atoms with Crippen molar-refractivity contribution in [3.05, 3.63) is 89.6 Å². The first-order valence-corrected chi connectivity index (χ1v) is 9.63. The molecular formula is C24H21N3O2. The van der Waals surface area contributed by atoms with Crippen LogP contribution in [-0.2, 0) is 6.54 Å². The number of amides is 1. The van der Waals surface area contributed by atoms with Gasteiger partial charge < -0.3 is 9.72 Å². The number of hydrogen-bond donors (Lipinski definition) is 2. The molecule has 1 aromatic heterocycles. The summed E-state index contributed by atoms with van der Waals surface area (Å²) in [5, 5.41) is 2.82. The number of benzene rings is 3. The second kappa shape index (κ2) is 7.11. The van der Waals surface area contributed by atoms with E-state index < -0.39 is 0 Å². The number of para-hydroxylation sites is 1. The first-order chi connectivity index (χ1) is 14.2. The molecule has 0 bridgehead atoms. The zero-order valence-corrected chi connectivity index (χ0v) is 16.1. The van der Waals surface area contributed by atoms with Crippen LogP contribution < -0.4 is 10.2 Å². The van der Waals surface area contributed by atoms with E-state index in [2.05, 4.69) is 23.4 Å². The summed E-state index contributed by atoms with van der Waals surface area (Å²) in [7, 11) is 0. The summed E-state index contributed by atoms with van der Waals surface area (Å²) in [5.41, 5.74) is 8.64. The predicted molar refractivity (Wildman–Crippen MR) is 113 cm³/mol. The lowest BCUT2D eigenvalue weighted by molar-refractivity contribution is 0.0389. The second-order valence-electron chi connectivity index (χ2n) is 7.31. The Kier molecular flexibility index (Phi) is 4.30. The van der Waals surface area contributed by atoms with Gasteiger partial charge in [0.1, 0.15) is 11.4 Å². The van der Waals surface area contributed by atoms with E-state index in [4.69, 9.17) is 4.74 Å². The third kappa shape index (κ3) is 3.26. The minimum Gasteiger partial charge on any atom is -0.476 e. The SMILES string of the molecule is Cc1ccc2c(c1)CN(NC(=O)c1[nH]c3ccccc3c1-c1ccccc1)CO2. The van der Waals surface area contributed by atoms with Gasteiger partial charge in [0, 0.05) is 22.0 Å². The monoisotopic (exact) mass is 383 g/mol. The number of fused-ring (bicyclic) bond motifs is 2. The normalized spacial score (nSPS) is 13.7. The molecular weight excluding hydrogens is 362 g/mol. The van der Waals surface area contributed by atoms with Gasteiger partial charge in [0.25, 0.3) is 5.91 Å². The van der Waals surface area contributed by atoms with Gasteiger partial charge in [-0.3, -0.25) is 10.2 Å². The van der Waals surface area contributed by atoms with Crippen LogP contribution in [0.15, 0.2) is 72.8 Å². The van der Waals surface area contributed by atoms with Gasteiger partial charge in [0.2, 0.25) is 0 Å². The van der Waals surface area contributed by atoms with Crippen LogP contribution in [-0.4, -0.2) is 22.6 Å². The van der Waals surface area contributed by atoms with Crippen molar-refractivity contribution in [2.45, 2.75) is 13.5 Å². The Morgan fingerprint density at radius 2 is 1.83 bits per heavy atom. The Morgan fingerprint density at radius 3 is 2.69 bits per heavy atom. The molecule has 1 aliphatic rings. The van der Waals surface area contributed by atoms with Gasteiger partial charge in [-0.05, 0) is 24.6 Å². The molecule has 144 valence electrons. The maximum Gasteiger partial charge on any atom is 0.282 e. The van der Waals surface area contributed by atoms with Crippen LogP contribution in [0.5, 0.6) is 5.75 Å². The maximum atomic E-state index is 13.2. The van der Waals surface area contributed by atoms with Crippen molar-refractivity contribution in [3.8, 4) is 16.9 Å². The number of aromatic nitrogens is 1. The number of rotatable bonds is 3. The quantitative estimate of drug-likeness (QED) is 0.542. The number of ether oxygens (including phenoxy) is 1. The van der Waals surface area contributed by atoms with E-state index in [1.807, 2.05) is 66.7 Å². The van der Waals surface area contributed by atoms with Crippen LogP contribution in [0.4, 0.5) is 0 Å². The molecule has 5 heteroatoms. The lowest BCUT2D eigenvalue weighted by atomic mass is 10.0. The van der Waals surface area contributed by atoms with Crippen LogP contribution in [0.25, 0.3) is 22.0 Å². The third-order valence-electron chi connectivity index (χ3n) is 5.21. The van der Waals surface area contributed by atoms with Crippen molar-refractivity contribution in [2.24, 2.45) is 0 Å². The molecule has 2 N–H and O–H groups in total. The average Bonchev–Trinajstić information content (AvgIpc) is 3.14. The fourth-order valence-corrected chi connectivity index (χ4v) is 3.86. The molecule has 29 heavy (non-hydrogen) atoms. The zero-order chi connectivity index (χ0) is 19.8.